The van der Waals surface area contributed by atoms with Crippen molar-refractivity contribution in [1.29, 1.82) is 0 Å². The third-order valence-electron chi connectivity index (χ3n) is 15.1. The smallest absolute Gasteiger partial charge is 0.338 e. The van der Waals surface area contributed by atoms with Gasteiger partial charge in [0.05, 0.1) is 5.41 Å². The number of allylic oxidation sites excluding steroid dienone is 2. The van der Waals surface area contributed by atoms with Gasteiger partial charge in [0, 0.05) is 5.41 Å². The second-order valence-electron chi connectivity index (χ2n) is 17.1. The molecule has 4 saturated carbocycles. The first-order valence-electron chi connectivity index (χ1n) is 17.3. The van der Waals surface area contributed by atoms with E-state index in [0.29, 0.717) is 30.6 Å². The van der Waals surface area contributed by atoms with Gasteiger partial charge in [0.15, 0.2) is 12.2 Å². The Morgan fingerprint density at radius 3 is 2.04 bits per heavy atom. The van der Waals surface area contributed by atoms with Crippen molar-refractivity contribution in [2.75, 3.05) is 0 Å². The molecular formula is C36H56O10. The van der Waals surface area contributed by atoms with Crippen LogP contribution in [0.15, 0.2) is 11.6 Å². The number of aliphatic hydroxyl groups is 4. The van der Waals surface area contributed by atoms with Gasteiger partial charge < -0.3 is 35.4 Å². The fourth-order valence-corrected chi connectivity index (χ4v) is 11.9. The van der Waals surface area contributed by atoms with Crippen molar-refractivity contribution >= 4 is 17.9 Å². The number of ether oxygens (including phenoxy) is 1. The molecule has 4 fully saturated rings. The van der Waals surface area contributed by atoms with Crippen LogP contribution in [-0.4, -0.2) is 79.1 Å². The van der Waals surface area contributed by atoms with Gasteiger partial charge in [0.25, 0.3) is 0 Å². The van der Waals surface area contributed by atoms with E-state index < -0.39 is 59.3 Å². The number of carboxylic acid groups (broad SMARTS) is 2. The zero-order valence-corrected chi connectivity index (χ0v) is 28.5. The first-order valence-corrected chi connectivity index (χ1v) is 17.3. The molecule has 0 radical (unpaired) electrons. The van der Waals surface area contributed by atoms with Crippen molar-refractivity contribution in [2.24, 2.45) is 56.7 Å². The van der Waals surface area contributed by atoms with E-state index >= 15 is 0 Å². The summed E-state index contributed by atoms with van der Waals surface area (Å²) in [5.74, 6) is -2.25. The lowest BCUT2D eigenvalue weighted by atomic mass is 9.33. The predicted octanol–water partition coefficient (Wildman–Crippen LogP) is 4.17. The van der Waals surface area contributed by atoms with E-state index in [1.807, 2.05) is 0 Å². The van der Waals surface area contributed by atoms with Crippen LogP contribution in [-0.2, 0) is 19.1 Å². The third kappa shape index (κ3) is 4.82. The number of esters is 1. The fraction of sp³-hybridized carbons (Fsp3) is 0.861. The third-order valence-corrected chi connectivity index (χ3v) is 15.1. The monoisotopic (exact) mass is 648 g/mol. The molecule has 0 aromatic carbocycles. The minimum absolute atomic E-state index is 0.0333. The Bertz CT molecular complexity index is 1280. The van der Waals surface area contributed by atoms with Crippen molar-refractivity contribution in [2.45, 2.75) is 137 Å². The molecule has 5 aliphatic carbocycles. The van der Waals surface area contributed by atoms with Gasteiger partial charge in [-0.05, 0) is 104 Å². The average Bonchev–Trinajstić information content (AvgIpc) is 2.98. The number of aliphatic hydroxyl groups excluding tert-OH is 4. The minimum atomic E-state index is -2.37. The summed E-state index contributed by atoms with van der Waals surface area (Å²) in [6, 6.07) is 0. The Morgan fingerprint density at radius 1 is 0.804 bits per heavy atom. The summed E-state index contributed by atoms with van der Waals surface area (Å²) in [4.78, 5) is 36.9. The van der Waals surface area contributed by atoms with Gasteiger partial charge in [-0.25, -0.2) is 9.59 Å². The molecule has 14 atom stereocenters. The molecule has 0 aromatic heterocycles. The maximum absolute atomic E-state index is 13.0. The lowest BCUT2D eigenvalue weighted by molar-refractivity contribution is -0.220. The summed E-state index contributed by atoms with van der Waals surface area (Å²) >= 11 is 0. The molecule has 0 amide bonds. The fourth-order valence-electron chi connectivity index (χ4n) is 11.9. The van der Waals surface area contributed by atoms with Crippen LogP contribution in [0.4, 0.5) is 0 Å². The molecule has 0 aromatic rings. The normalized spacial score (nSPS) is 45.7. The molecule has 0 heterocycles. The van der Waals surface area contributed by atoms with E-state index in [0.717, 1.165) is 44.9 Å². The summed E-state index contributed by atoms with van der Waals surface area (Å²) in [6.45, 7) is 15.9. The van der Waals surface area contributed by atoms with E-state index in [4.69, 9.17) is 9.84 Å². The van der Waals surface area contributed by atoms with E-state index in [1.54, 1.807) is 0 Å². The predicted molar refractivity (Wildman–Crippen MR) is 168 cm³/mol. The Labute approximate surface area is 272 Å². The van der Waals surface area contributed by atoms with Crippen molar-refractivity contribution in [1.82, 2.24) is 0 Å². The summed E-state index contributed by atoms with van der Waals surface area (Å²) in [7, 11) is 0. The van der Waals surface area contributed by atoms with Gasteiger partial charge in [-0.15, -0.1) is 0 Å². The van der Waals surface area contributed by atoms with Crippen LogP contribution in [0.3, 0.4) is 0 Å². The quantitative estimate of drug-likeness (QED) is 0.173. The molecule has 0 aliphatic heterocycles. The van der Waals surface area contributed by atoms with E-state index in [1.165, 1.54) is 5.57 Å². The highest BCUT2D eigenvalue weighted by Crippen LogP contribution is 2.75. The lowest BCUT2D eigenvalue weighted by Crippen LogP contribution is -2.65. The topological polar surface area (TPSA) is 182 Å². The second kappa shape index (κ2) is 11.6. The number of carboxylic acids is 2. The number of hydrogen-bond acceptors (Lipinski definition) is 8. The molecule has 6 N–H and O–H groups in total. The standard InChI is InChI=1S/C36H56O10/c1-18-10-15-36(31(44)45)17-16-34(6)20(24(36)19(18)2)8-9-22-33(5)13-12-23(32(3,4)21(33)11-14-35(22,34)7)46-30(43)28(40)26(38)25(37)27(39)29(41)42/h8,18-19,21-28,37-40H,9-17H2,1-7H3,(H,41,42)(H,44,45)/t18-,19+,21?,22-,23+,24+,25+,26+,27+,28-,33+,34-,35-,36+/m1/s1. The van der Waals surface area contributed by atoms with Gasteiger partial charge >= 0.3 is 17.9 Å². The molecule has 10 nitrogen and oxygen atoms in total. The molecule has 5 rings (SSSR count). The van der Waals surface area contributed by atoms with Gasteiger partial charge in [-0.2, -0.15) is 0 Å². The Kier molecular flexibility index (Phi) is 8.87. The molecule has 0 spiro atoms. The molecule has 1 unspecified atom stereocenters. The Morgan fingerprint density at radius 2 is 1.43 bits per heavy atom. The highest BCUT2D eigenvalue weighted by molar-refractivity contribution is 5.77. The van der Waals surface area contributed by atoms with Crippen LogP contribution >= 0.6 is 0 Å². The highest BCUT2D eigenvalue weighted by Gasteiger charge is 2.70. The number of hydrogen-bond donors (Lipinski definition) is 6. The Hall–Kier alpha value is -2.01. The largest absolute Gasteiger partial charge is 0.481 e. The van der Waals surface area contributed by atoms with Crippen LogP contribution in [0, 0.1) is 56.7 Å². The summed E-state index contributed by atoms with van der Waals surface area (Å²) < 4.78 is 5.80. The first kappa shape index (κ1) is 35.3. The molecule has 0 bridgehead atoms. The summed E-state index contributed by atoms with van der Waals surface area (Å²) in [5, 5.41) is 59.8. The van der Waals surface area contributed by atoms with Crippen molar-refractivity contribution in [3.63, 3.8) is 0 Å². The van der Waals surface area contributed by atoms with E-state index in [9.17, 15) is 39.9 Å². The summed E-state index contributed by atoms with van der Waals surface area (Å²) in [6.07, 6.45) is 0.0922. The van der Waals surface area contributed by atoms with Gasteiger partial charge in [0.2, 0.25) is 0 Å². The molecule has 46 heavy (non-hydrogen) atoms. The van der Waals surface area contributed by atoms with Crippen LogP contribution in [0.2, 0.25) is 0 Å². The maximum Gasteiger partial charge on any atom is 0.338 e. The zero-order chi connectivity index (χ0) is 34.4. The van der Waals surface area contributed by atoms with Crippen molar-refractivity contribution < 1.29 is 49.8 Å². The molecule has 5 aliphatic rings. The van der Waals surface area contributed by atoms with E-state index in [-0.39, 0.29) is 28.1 Å². The van der Waals surface area contributed by atoms with E-state index in [2.05, 4.69) is 54.5 Å². The maximum atomic E-state index is 13.0. The highest BCUT2D eigenvalue weighted by atomic mass is 16.6. The minimum Gasteiger partial charge on any atom is -0.481 e. The van der Waals surface area contributed by atoms with Gasteiger partial charge in [-0.3, -0.25) is 4.79 Å². The van der Waals surface area contributed by atoms with Gasteiger partial charge in [0.1, 0.15) is 18.3 Å². The SMILES string of the molecule is C[C@H]1[C@H](C)CC[C@]2(C(=O)O)CC[C@]3(C)C(=CC[C@@H]4[C@@]5(C)CC[C@H](OC(=O)[C@H](O)[C@@H](O)[C@H](O)[C@H](O)C(=O)O)C(C)(C)C5CC[C@]43C)[C@H]12. The molecule has 260 valence electrons. The second-order valence-corrected chi connectivity index (χ2v) is 17.1. The first-order chi connectivity index (χ1) is 21.2. The number of carbonyl (C=O) groups is 3. The van der Waals surface area contributed by atoms with Crippen LogP contribution in [0.25, 0.3) is 0 Å². The Balaban J connectivity index is 1.40. The van der Waals surface area contributed by atoms with Crippen molar-refractivity contribution in [3.8, 4) is 0 Å². The number of fused-ring (bicyclic) bond motifs is 7. The van der Waals surface area contributed by atoms with Crippen LogP contribution in [0.1, 0.15) is 106 Å². The van der Waals surface area contributed by atoms with Crippen molar-refractivity contribution in [3.05, 3.63) is 11.6 Å². The van der Waals surface area contributed by atoms with Gasteiger partial charge in [-0.1, -0.05) is 60.1 Å². The number of rotatable bonds is 7. The lowest BCUT2D eigenvalue weighted by Gasteiger charge is -2.71. The molecular weight excluding hydrogens is 592 g/mol. The number of aliphatic carboxylic acids is 2. The zero-order valence-electron chi connectivity index (χ0n) is 28.5. The molecule has 10 heteroatoms. The summed E-state index contributed by atoms with van der Waals surface area (Å²) in [5.41, 5.74) is -0.0345. The van der Waals surface area contributed by atoms with Crippen LogP contribution in [0.5, 0.6) is 0 Å². The van der Waals surface area contributed by atoms with Crippen LogP contribution < -0.4 is 0 Å². The number of carbonyl (C=O) groups excluding carboxylic acids is 1. The average molecular weight is 649 g/mol. The molecule has 0 saturated heterocycles.